The second-order valence-corrected chi connectivity index (χ2v) is 4.90. The molecule has 7 nitrogen and oxygen atoms in total. The second kappa shape index (κ2) is 9.39. The van der Waals surface area contributed by atoms with Gasteiger partial charge in [-0.15, -0.1) is 0 Å². The quantitative estimate of drug-likeness (QED) is 0.535. The third kappa shape index (κ3) is 7.25. The van der Waals surface area contributed by atoms with E-state index in [4.69, 9.17) is 5.11 Å². The number of amides is 3. The van der Waals surface area contributed by atoms with Crippen LogP contribution < -0.4 is 16.0 Å². The molecular weight excluding hydrogens is 305 g/mol. The minimum Gasteiger partial charge on any atom is -0.481 e. The summed E-state index contributed by atoms with van der Waals surface area (Å²) in [6.45, 7) is 2.25. The van der Waals surface area contributed by atoms with Crippen LogP contribution in [0.2, 0.25) is 0 Å². The van der Waals surface area contributed by atoms with Gasteiger partial charge in [-0.3, -0.25) is 9.59 Å². The topological polar surface area (TPSA) is 108 Å². The number of nitrogens with one attached hydrogen (secondary N) is 3. The zero-order chi connectivity index (χ0) is 17.2. The van der Waals surface area contributed by atoms with Gasteiger partial charge in [-0.25, -0.2) is 9.18 Å². The predicted molar refractivity (Wildman–Crippen MR) is 81.7 cm³/mol. The highest BCUT2D eigenvalue weighted by Crippen LogP contribution is 2.08. The van der Waals surface area contributed by atoms with Crippen molar-refractivity contribution in [1.29, 1.82) is 0 Å². The fourth-order valence-corrected chi connectivity index (χ4v) is 1.69. The van der Waals surface area contributed by atoms with Crippen LogP contribution in [-0.2, 0) is 4.79 Å². The van der Waals surface area contributed by atoms with Crippen molar-refractivity contribution in [2.75, 3.05) is 19.6 Å². The SMILES string of the molecule is Cc1ccc(C(=O)NCCNC(=O)NCCCC(=O)O)cc1F. The maximum absolute atomic E-state index is 13.3. The predicted octanol–water partition coefficient (Wildman–Crippen LogP) is 1.03. The number of carbonyl (C=O) groups is 3. The Bertz CT molecular complexity index is 578. The lowest BCUT2D eigenvalue weighted by Crippen LogP contribution is -2.40. The van der Waals surface area contributed by atoms with E-state index in [2.05, 4.69) is 16.0 Å². The van der Waals surface area contributed by atoms with Crippen molar-refractivity contribution < 1.29 is 23.9 Å². The Labute approximate surface area is 133 Å². The van der Waals surface area contributed by atoms with Crippen molar-refractivity contribution >= 4 is 17.9 Å². The smallest absolute Gasteiger partial charge is 0.314 e. The normalized spacial score (nSPS) is 10.0. The number of carboxylic acids is 1. The van der Waals surface area contributed by atoms with Crippen LogP contribution in [-0.4, -0.2) is 42.6 Å². The first kappa shape index (κ1) is 18.4. The van der Waals surface area contributed by atoms with Crippen molar-refractivity contribution in [1.82, 2.24) is 16.0 Å². The Morgan fingerprint density at radius 2 is 1.74 bits per heavy atom. The van der Waals surface area contributed by atoms with Crippen molar-refractivity contribution in [3.05, 3.63) is 35.1 Å². The summed E-state index contributed by atoms with van der Waals surface area (Å²) >= 11 is 0. The summed E-state index contributed by atoms with van der Waals surface area (Å²) in [5, 5.41) is 16.0. The van der Waals surface area contributed by atoms with Crippen LogP contribution in [0.1, 0.15) is 28.8 Å². The van der Waals surface area contributed by atoms with Crippen LogP contribution in [0, 0.1) is 12.7 Å². The number of carboxylic acid groups (broad SMARTS) is 1. The molecule has 126 valence electrons. The lowest BCUT2D eigenvalue weighted by Gasteiger charge is -2.08. The standard InChI is InChI=1S/C15H20FN3O4/c1-10-4-5-11(9-12(10)16)14(22)17-7-8-19-15(23)18-6-2-3-13(20)21/h4-5,9H,2-3,6-8H2,1H3,(H,17,22)(H,20,21)(H2,18,19,23). The molecule has 1 aromatic carbocycles. The fourth-order valence-electron chi connectivity index (χ4n) is 1.69. The van der Waals surface area contributed by atoms with Crippen molar-refractivity contribution in [3.8, 4) is 0 Å². The molecule has 0 bridgehead atoms. The van der Waals surface area contributed by atoms with Gasteiger partial charge >= 0.3 is 12.0 Å². The molecule has 0 atom stereocenters. The van der Waals surface area contributed by atoms with E-state index in [1.54, 1.807) is 6.92 Å². The summed E-state index contributed by atoms with van der Waals surface area (Å²) in [5.41, 5.74) is 0.675. The lowest BCUT2D eigenvalue weighted by molar-refractivity contribution is -0.137. The van der Waals surface area contributed by atoms with Gasteiger partial charge in [0.15, 0.2) is 0 Å². The molecule has 0 unspecified atom stereocenters. The molecule has 0 aromatic heterocycles. The van der Waals surface area contributed by atoms with Gasteiger partial charge in [-0.1, -0.05) is 6.07 Å². The average Bonchev–Trinajstić information content (AvgIpc) is 2.50. The number of benzene rings is 1. The molecule has 0 saturated heterocycles. The van der Waals surface area contributed by atoms with E-state index in [9.17, 15) is 18.8 Å². The maximum atomic E-state index is 13.3. The molecular formula is C15H20FN3O4. The Hall–Kier alpha value is -2.64. The van der Waals surface area contributed by atoms with E-state index in [0.717, 1.165) is 6.07 Å². The number of carbonyl (C=O) groups excluding carboxylic acids is 2. The molecule has 3 amide bonds. The molecule has 4 N–H and O–H groups in total. The molecule has 0 radical (unpaired) electrons. The molecule has 0 aliphatic heterocycles. The first-order chi connectivity index (χ1) is 10.9. The number of hydrogen-bond donors (Lipinski definition) is 4. The number of urea groups is 1. The molecule has 0 heterocycles. The van der Waals surface area contributed by atoms with Crippen molar-refractivity contribution in [2.24, 2.45) is 0 Å². The molecule has 8 heteroatoms. The van der Waals surface area contributed by atoms with Gasteiger partial charge < -0.3 is 21.1 Å². The van der Waals surface area contributed by atoms with E-state index < -0.39 is 23.7 Å². The van der Waals surface area contributed by atoms with Gasteiger partial charge in [0.05, 0.1) is 0 Å². The summed E-state index contributed by atoms with van der Waals surface area (Å²) in [6, 6.07) is 3.77. The Kier molecular flexibility index (Phi) is 7.52. The number of hydrogen-bond acceptors (Lipinski definition) is 3. The maximum Gasteiger partial charge on any atom is 0.314 e. The number of aliphatic carboxylic acids is 1. The summed E-state index contributed by atoms with van der Waals surface area (Å²) in [4.78, 5) is 33.4. The first-order valence-electron chi connectivity index (χ1n) is 7.18. The van der Waals surface area contributed by atoms with E-state index in [0.29, 0.717) is 12.0 Å². The minimum atomic E-state index is -0.914. The Morgan fingerprint density at radius 3 is 2.39 bits per heavy atom. The van der Waals surface area contributed by atoms with Crippen LogP contribution in [0.25, 0.3) is 0 Å². The number of aryl methyl sites for hydroxylation is 1. The van der Waals surface area contributed by atoms with Gasteiger partial charge in [-0.2, -0.15) is 0 Å². The van der Waals surface area contributed by atoms with Crippen molar-refractivity contribution in [3.63, 3.8) is 0 Å². The lowest BCUT2D eigenvalue weighted by atomic mass is 10.1. The highest BCUT2D eigenvalue weighted by atomic mass is 19.1. The number of halogens is 1. The summed E-state index contributed by atoms with van der Waals surface area (Å²) in [6.07, 6.45) is 0.335. The molecule has 0 saturated carbocycles. The average molecular weight is 325 g/mol. The van der Waals surface area contributed by atoms with E-state index in [-0.39, 0.29) is 31.6 Å². The van der Waals surface area contributed by atoms with Crippen LogP contribution in [0.4, 0.5) is 9.18 Å². The van der Waals surface area contributed by atoms with Crippen LogP contribution in [0.5, 0.6) is 0 Å². The Morgan fingerprint density at radius 1 is 1.09 bits per heavy atom. The van der Waals surface area contributed by atoms with Gasteiger partial charge in [0.25, 0.3) is 5.91 Å². The van der Waals surface area contributed by atoms with Crippen LogP contribution in [0.3, 0.4) is 0 Å². The van der Waals surface area contributed by atoms with Gasteiger partial charge in [0, 0.05) is 31.6 Å². The molecule has 1 aromatic rings. The second-order valence-electron chi connectivity index (χ2n) is 4.90. The molecule has 1 rings (SSSR count). The zero-order valence-electron chi connectivity index (χ0n) is 12.8. The monoisotopic (exact) mass is 325 g/mol. The summed E-state index contributed by atoms with van der Waals surface area (Å²) in [7, 11) is 0. The van der Waals surface area contributed by atoms with E-state index in [1.807, 2.05) is 0 Å². The molecule has 23 heavy (non-hydrogen) atoms. The third-order valence-electron chi connectivity index (χ3n) is 2.98. The van der Waals surface area contributed by atoms with Crippen LogP contribution in [0.15, 0.2) is 18.2 Å². The largest absolute Gasteiger partial charge is 0.481 e. The molecule has 0 spiro atoms. The highest BCUT2D eigenvalue weighted by molar-refractivity contribution is 5.94. The highest BCUT2D eigenvalue weighted by Gasteiger charge is 2.07. The molecule has 0 aliphatic carbocycles. The summed E-state index contributed by atoms with van der Waals surface area (Å²) < 4.78 is 13.3. The molecule has 0 aliphatic rings. The number of rotatable bonds is 8. The van der Waals surface area contributed by atoms with Gasteiger partial charge in [0.1, 0.15) is 5.82 Å². The van der Waals surface area contributed by atoms with E-state index in [1.165, 1.54) is 12.1 Å². The van der Waals surface area contributed by atoms with Crippen molar-refractivity contribution in [2.45, 2.75) is 19.8 Å². The fraction of sp³-hybridized carbons (Fsp3) is 0.400. The first-order valence-corrected chi connectivity index (χ1v) is 7.18. The van der Waals surface area contributed by atoms with E-state index >= 15 is 0 Å². The minimum absolute atomic E-state index is 0.0105. The third-order valence-corrected chi connectivity index (χ3v) is 2.98. The Balaban J connectivity index is 2.18. The molecule has 0 fully saturated rings. The van der Waals surface area contributed by atoms with Gasteiger partial charge in [-0.05, 0) is 31.0 Å². The van der Waals surface area contributed by atoms with Crippen LogP contribution >= 0.6 is 0 Å². The zero-order valence-corrected chi connectivity index (χ0v) is 12.8. The van der Waals surface area contributed by atoms with Gasteiger partial charge in [0.2, 0.25) is 0 Å². The summed E-state index contributed by atoms with van der Waals surface area (Å²) in [5.74, 6) is -1.79.